The summed E-state index contributed by atoms with van der Waals surface area (Å²) in [6, 6.07) is 7.33. The molecule has 2 atom stereocenters. The molecule has 7 rings (SSSR count). The zero-order valence-corrected chi connectivity index (χ0v) is 24.6. The molecule has 2 fully saturated rings. The van der Waals surface area contributed by atoms with Crippen LogP contribution in [0.1, 0.15) is 50.3 Å². The fourth-order valence-electron chi connectivity index (χ4n) is 6.86. The number of nitrogens with zero attached hydrogens (tertiary/aromatic N) is 6. The van der Waals surface area contributed by atoms with Crippen molar-refractivity contribution >= 4 is 22.8 Å². The molecule has 44 heavy (non-hydrogen) atoms. The number of pyridine rings is 2. The van der Waals surface area contributed by atoms with E-state index in [4.69, 9.17) is 9.72 Å². The first kappa shape index (κ1) is 28.1. The second kappa shape index (κ2) is 10.8. The summed E-state index contributed by atoms with van der Waals surface area (Å²) in [5, 5.41) is 0.318. The Morgan fingerprint density at radius 2 is 1.95 bits per heavy atom. The topological polar surface area (TPSA) is 93.5 Å². The number of carbonyl (C=O) groups excluding carboxylic acids is 1. The fraction of sp³-hybridized carbons (Fsp3) is 0.364. The van der Waals surface area contributed by atoms with Gasteiger partial charge >= 0.3 is 5.69 Å². The smallest absolute Gasteiger partial charge is 0.355 e. The van der Waals surface area contributed by atoms with Gasteiger partial charge in [-0.2, -0.15) is 4.98 Å². The van der Waals surface area contributed by atoms with E-state index in [0.717, 1.165) is 12.0 Å². The molecule has 3 aliphatic heterocycles. The molecule has 0 aliphatic carbocycles. The Hall–Kier alpha value is -4.67. The zero-order valence-electron chi connectivity index (χ0n) is 24.6. The number of piperazine rings is 1. The maximum Gasteiger partial charge on any atom is 0.355 e. The molecule has 1 unspecified atom stereocenters. The van der Waals surface area contributed by atoms with E-state index in [-0.39, 0.29) is 46.6 Å². The van der Waals surface area contributed by atoms with E-state index in [9.17, 15) is 9.59 Å². The van der Waals surface area contributed by atoms with Crippen LogP contribution in [0.5, 0.6) is 5.75 Å². The third-order valence-electron chi connectivity index (χ3n) is 8.89. The molecular weight excluding hydrogens is 566 g/mol. The summed E-state index contributed by atoms with van der Waals surface area (Å²) in [7, 11) is 0. The molecule has 0 radical (unpaired) electrons. The lowest BCUT2D eigenvalue weighted by molar-refractivity contribution is -0.127. The highest BCUT2D eigenvalue weighted by Gasteiger charge is 2.46. The van der Waals surface area contributed by atoms with Crippen LogP contribution in [0.2, 0.25) is 0 Å². The number of fused-ring (bicyclic) bond motifs is 7. The molecule has 4 bridgehead atoms. The predicted molar refractivity (Wildman–Crippen MR) is 162 cm³/mol. The maximum atomic E-state index is 16.2. The number of amides is 1. The van der Waals surface area contributed by atoms with E-state index in [1.165, 1.54) is 28.8 Å². The van der Waals surface area contributed by atoms with Gasteiger partial charge in [0.25, 0.3) is 0 Å². The second-order valence-corrected chi connectivity index (χ2v) is 11.9. The number of likely N-dealkylation sites (tertiary alicyclic amines) is 1. The van der Waals surface area contributed by atoms with E-state index < -0.39 is 17.3 Å². The van der Waals surface area contributed by atoms with Gasteiger partial charge in [-0.3, -0.25) is 9.78 Å². The molecule has 4 aromatic rings. The Labute approximate surface area is 252 Å². The first-order valence-corrected chi connectivity index (χ1v) is 15.0. The number of aryl methyl sites for hydroxylation is 1. The lowest BCUT2D eigenvalue weighted by atomic mass is 10.00. The molecule has 6 heterocycles. The Bertz CT molecular complexity index is 1890. The van der Waals surface area contributed by atoms with Crippen molar-refractivity contribution in [3.63, 3.8) is 0 Å². The second-order valence-electron chi connectivity index (χ2n) is 11.9. The van der Waals surface area contributed by atoms with E-state index in [2.05, 4.69) is 16.5 Å². The molecular formula is C33H32F2N6O3. The van der Waals surface area contributed by atoms with Gasteiger partial charge < -0.3 is 14.5 Å². The van der Waals surface area contributed by atoms with Crippen molar-refractivity contribution in [2.24, 2.45) is 0 Å². The SMILES string of the molecule is C=CC(=O)N1C[C@@H]2CC1CN2c1nc(=O)n2c3nc(c(F)cc13)-c1c(F)cccc1OCCCCc1ccnc(C(C)C)c1-2. The van der Waals surface area contributed by atoms with Gasteiger partial charge in [0.1, 0.15) is 23.1 Å². The molecule has 1 amide bonds. The number of halogens is 2. The molecule has 11 heteroatoms. The van der Waals surface area contributed by atoms with E-state index >= 15 is 8.78 Å². The van der Waals surface area contributed by atoms with Crippen molar-refractivity contribution in [3.05, 3.63) is 82.6 Å². The predicted octanol–water partition coefficient (Wildman–Crippen LogP) is 4.93. The molecule has 0 N–H and O–H groups in total. The van der Waals surface area contributed by atoms with Crippen molar-refractivity contribution < 1.29 is 18.3 Å². The molecule has 3 aliphatic rings. The highest BCUT2D eigenvalue weighted by molar-refractivity contribution is 5.92. The van der Waals surface area contributed by atoms with Gasteiger partial charge in [-0.15, -0.1) is 0 Å². The van der Waals surface area contributed by atoms with Crippen molar-refractivity contribution in [1.29, 1.82) is 0 Å². The summed E-state index contributed by atoms with van der Waals surface area (Å²) in [4.78, 5) is 44.3. The highest BCUT2D eigenvalue weighted by Crippen LogP contribution is 2.40. The number of benzene rings is 1. The summed E-state index contributed by atoms with van der Waals surface area (Å²) in [5.74, 6) is -1.16. The lowest BCUT2D eigenvalue weighted by Crippen LogP contribution is -2.49. The normalized spacial score (nSPS) is 19.3. The molecule has 3 aromatic heterocycles. The van der Waals surface area contributed by atoms with Crippen LogP contribution in [-0.2, 0) is 11.2 Å². The minimum absolute atomic E-state index is 0.0496. The van der Waals surface area contributed by atoms with Crippen LogP contribution in [0.15, 0.2) is 54.0 Å². The summed E-state index contributed by atoms with van der Waals surface area (Å²) < 4.78 is 39.0. The number of aromatic nitrogens is 4. The third-order valence-corrected chi connectivity index (χ3v) is 8.89. The number of hydrogen-bond acceptors (Lipinski definition) is 7. The number of ether oxygens (including phenoxy) is 1. The summed E-state index contributed by atoms with van der Waals surface area (Å²) in [6.07, 6.45) is 5.75. The maximum absolute atomic E-state index is 16.2. The van der Waals surface area contributed by atoms with Gasteiger partial charge in [-0.25, -0.2) is 23.1 Å². The molecule has 9 nitrogen and oxygen atoms in total. The van der Waals surface area contributed by atoms with Crippen molar-refractivity contribution in [2.75, 3.05) is 24.6 Å². The van der Waals surface area contributed by atoms with Crippen molar-refractivity contribution in [1.82, 2.24) is 24.4 Å². The highest BCUT2D eigenvalue weighted by atomic mass is 19.1. The van der Waals surface area contributed by atoms with Crippen LogP contribution in [0, 0.1) is 11.6 Å². The first-order valence-electron chi connectivity index (χ1n) is 15.0. The largest absolute Gasteiger partial charge is 0.493 e. The first-order chi connectivity index (χ1) is 21.3. The molecule has 0 saturated carbocycles. The van der Waals surface area contributed by atoms with Gasteiger partial charge in [0.05, 0.1) is 41.0 Å². The number of carbonyl (C=O) groups is 1. The quantitative estimate of drug-likeness (QED) is 0.309. The van der Waals surface area contributed by atoms with Crippen LogP contribution in [0.4, 0.5) is 14.6 Å². The average Bonchev–Trinajstić information content (AvgIpc) is 3.62. The monoisotopic (exact) mass is 598 g/mol. The minimum atomic E-state index is -0.765. The van der Waals surface area contributed by atoms with Gasteiger partial charge in [-0.1, -0.05) is 26.5 Å². The van der Waals surface area contributed by atoms with Gasteiger partial charge in [-0.05, 0) is 67.5 Å². The lowest BCUT2D eigenvalue weighted by Gasteiger charge is -2.35. The van der Waals surface area contributed by atoms with Gasteiger partial charge in [0.2, 0.25) is 5.91 Å². The van der Waals surface area contributed by atoms with E-state index in [1.54, 1.807) is 17.2 Å². The minimum Gasteiger partial charge on any atom is -0.493 e. The van der Waals surface area contributed by atoms with E-state index in [0.29, 0.717) is 61.5 Å². The standard InChI is InChI=1S/C33H32F2N6O3/c1-4-26(42)39-16-21-14-20(39)17-40(21)31-22-15-24(35)29-27-23(34)9-7-10-25(27)44-13-6-5-8-19-11-12-36-28(18(2)3)30(19)41(32(22)37-29)33(43)38-31/h4,7,9-12,15,18,20-21H,1,5-6,8,13-14,16-17H2,2-3H3/t20?,21-/m0/s1. The number of anilines is 1. The van der Waals surface area contributed by atoms with Gasteiger partial charge in [0, 0.05) is 19.3 Å². The summed E-state index contributed by atoms with van der Waals surface area (Å²) in [5.41, 5.74) is 1.36. The van der Waals surface area contributed by atoms with Crippen LogP contribution < -0.4 is 15.3 Å². The zero-order chi connectivity index (χ0) is 30.7. The molecule has 226 valence electrons. The van der Waals surface area contributed by atoms with Crippen molar-refractivity contribution in [3.8, 4) is 22.7 Å². The van der Waals surface area contributed by atoms with E-state index in [1.807, 2.05) is 24.8 Å². The van der Waals surface area contributed by atoms with Crippen LogP contribution in [0.3, 0.4) is 0 Å². The molecule has 0 spiro atoms. The van der Waals surface area contributed by atoms with Crippen LogP contribution in [-0.4, -0.2) is 62.1 Å². The Morgan fingerprint density at radius 1 is 1.11 bits per heavy atom. The Morgan fingerprint density at radius 3 is 2.70 bits per heavy atom. The summed E-state index contributed by atoms with van der Waals surface area (Å²) in [6.45, 7) is 8.77. The number of rotatable bonds is 3. The fourth-order valence-corrected chi connectivity index (χ4v) is 6.86. The number of hydrogen-bond donors (Lipinski definition) is 0. The molecule has 1 aromatic carbocycles. The Balaban J connectivity index is 1.53. The van der Waals surface area contributed by atoms with Crippen LogP contribution in [0.25, 0.3) is 28.0 Å². The Kier molecular flexibility index (Phi) is 6.90. The van der Waals surface area contributed by atoms with Crippen molar-refractivity contribution in [2.45, 2.75) is 57.5 Å². The summed E-state index contributed by atoms with van der Waals surface area (Å²) >= 11 is 0. The van der Waals surface area contributed by atoms with Gasteiger partial charge in [0.15, 0.2) is 11.5 Å². The third kappa shape index (κ3) is 4.44. The molecule has 2 saturated heterocycles. The van der Waals surface area contributed by atoms with Crippen LogP contribution >= 0.6 is 0 Å². The average molecular weight is 599 g/mol.